The van der Waals surface area contributed by atoms with E-state index in [4.69, 9.17) is 0 Å². The van der Waals surface area contributed by atoms with Gasteiger partial charge in [0.2, 0.25) is 0 Å². The summed E-state index contributed by atoms with van der Waals surface area (Å²) in [5.74, 6) is -1.26. The Bertz CT molecular complexity index is 862. The van der Waals surface area contributed by atoms with E-state index in [1.165, 1.54) is 22.7 Å². The van der Waals surface area contributed by atoms with Crippen LogP contribution in [0, 0.1) is 0 Å². The lowest BCUT2D eigenvalue weighted by molar-refractivity contribution is -0.121. The fraction of sp³-hybridized carbons (Fsp3) is 0.0588. The summed E-state index contributed by atoms with van der Waals surface area (Å²) in [5.41, 5.74) is 1.08. The van der Waals surface area contributed by atoms with E-state index in [9.17, 15) is 14.7 Å². The maximum Gasteiger partial charge on any atom is 0.337 e. The van der Waals surface area contributed by atoms with E-state index in [-0.39, 0.29) is 11.5 Å². The summed E-state index contributed by atoms with van der Waals surface area (Å²) in [7, 11) is 1.61. The number of carboxylic acids is 1. The molecule has 1 amide bonds. The first-order valence-electron chi connectivity index (χ1n) is 7.06. The van der Waals surface area contributed by atoms with Gasteiger partial charge in [0.25, 0.3) is 5.91 Å². The lowest BCUT2D eigenvalue weighted by Gasteiger charge is -2.08. The molecule has 0 unspecified atom stereocenters. The number of pyridine rings is 1. The number of para-hydroxylation sites is 1. The number of aromatic nitrogens is 1. The fourth-order valence-corrected chi connectivity index (χ4v) is 3.07. The number of rotatable bonds is 3. The van der Waals surface area contributed by atoms with Crippen LogP contribution in [-0.4, -0.2) is 39.1 Å². The number of benzene rings is 1. The first kappa shape index (κ1) is 15.9. The minimum absolute atomic E-state index is 0.0913. The summed E-state index contributed by atoms with van der Waals surface area (Å²) in [6, 6.07) is 11.9. The van der Waals surface area contributed by atoms with Gasteiger partial charge in [-0.2, -0.15) is 0 Å². The number of carboxylic acid groups (broad SMARTS) is 1. The molecule has 6 nitrogen and oxygen atoms in total. The van der Waals surface area contributed by atoms with Gasteiger partial charge in [0.15, 0.2) is 5.17 Å². The van der Waals surface area contributed by atoms with Crippen molar-refractivity contribution in [3.8, 4) is 0 Å². The van der Waals surface area contributed by atoms with Crippen molar-refractivity contribution in [1.29, 1.82) is 0 Å². The van der Waals surface area contributed by atoms with Gasteiger partial charge in [-0.3, -0.25) is 14.7 Å². The monoisotopic (exact) mass is 339 g/mol. The largest absolute Gasteiger partial charge is 0.478 e. The lowest BCUT2D eigenvalue weighted by atomic mass is 10.2. The quantitative estimate of drug-likeness (QED) is 0.869. The molecule has 7 heteroatoms. The number of thioether (sulfide) groups is 1. The molecular formula is C17H13N3O3S. The average molecular weight is 339 g/mol. The third kappa shape index (κ3) is 3.21. The van der Waals surface area contributed by atoms with Crippen molar-refractivity contribution in [2.24, 2.45) is 4.99 Å². The Balaban J connectivity index is 1.95. The second kappa shape index (κ2) is 6.67. The zero-order valence-electron chi connectivity index (χ0n) is 12.7. The number of amides is 1. The number of aliphatic imine (C=N–C) groups is 1. The van der Waals surface area contributed by atoms with E-state index in [0.29, 0.717) is 21.5 Å². The van der Waals surface area contributed by atoms with E-state index in [0.717, 1.165) is 0 Å². The van der Waals surface area contributed by atoms with Crippen LogP contribution in [0.5, 0.6) is 0 Å². The van der Waals surface area contributed by atoms with Crippen LogP contribution >= 0.6 is 11.8 Å². The van der Waals surface area contributed by atoms with Gasteiger partial charge in [-0.25, -0.2) is 9.79 Å². The van der Waals surface area contributed by atoms with Crippen LogP contribution in [0.15, 0.2) is 58.6 Å². The van der Waals surface area contributed by atoms with Crippen molar-refractivity contribution in [1.82, 2.24) is 9.88 Å². The minimum Gasteiger partial charge on any atom is -0.478 e. The van der Waals surface area contributed by atoms with Crippen molar-refractivity contribution < 1.29 is 14.7 Å². The number of carbonyl (C=O) groups is 2. The van der Waals surface area contributed by atoms with Gasteiger partial charge >= 0.3 is 5.97 Å². The number of likely N-dealkylation sites (N-methyl/N-ethyl adjacent to an activating group) is 1. The Kier molecular flexibility index (Phi) is 4.43. The molecule has 1 aromatic carbocycles. The first-order valence-corrected chi connectivity index (χ1v) is 7.87. The molecule has 1 N–H and O–H groups in total. The molecule has 2 heterocycles. The van der Waals surface area contributed by atoms with Crippen LogP contribution in [0.1, 0.15) is 16.1 Å². The number of amidine groups is 1. The molecule has 0 radical (unpaired) electrons. The van der Waals surface area contributed by atoms with Gasteiger partial charge in [-0.05, 0) is 42.1 Å². The molecule has 0 spiro atoms. The van der Waals surface area contributed by atoms with Gasteiger partial charge in [0.1, 0.15) is 0 Å². The highest BCUT2D eigenvalue weighted by Gasteiger charge is 2.30. The van der Waals surface area contributed by atoms with Crippen molar-refractivity contribution in [3.05, 3.63) is 64.8 Å². The van der Waals surface area contributed by atoms with Gasteiger partial charge in [-0.1, -0.05) is 18.2 Å². The molecule has 0 bridgehead atoms. The van der Waals surface area contributed by atoms with Crippen LogP contribution < -0.4 is 0 Å². The summed E-state index contributed by atoms with van der Waals surface area (Å²) in [4.78, 5) is 34.0. The number of hydrogen-bond acceptors (Lipinski definition) is 5. The Hall–Kier alpha value is -2.93. The van der Waals surface area contributed by atoms with Crippen LogP contribution in [0.25, 0.3) is 6.08 Å². The van der Waals surface area contributed by atoms with Crippen LogP contribution in [0.2, 0.25) is 0 Å². The van der Waals surface area contributed by atoms with Crippen molar-refractivity contribution in [2.45, 2.75) is 0 Å². The molecule has 1 aromatic heterocycles. The summed E-state index contributed by atoms with van der Waals surface area (Å²) in [6.45, 7) is 0. The summed E-state index contributed by atoms with van der Waals surface area (Å²) >= 11 is 1.19. The average Bonchev–Trinajstić information content (AvgIpc) is 2.84. The molecule has 3 rings (SSSR count). The minimum atomic E-state index is -1.06. The van der Waals surface area contributed by atoms with Gasteiger partial charge in [0.05, 0.1) is 21.8 Å². The van der Waals surface area contributed by atoms with Gasteiger partial charge in [-0.15, -0.1) is 0 Å². The zero-order valence-corrected chi connectivity index (χ0v) is 13.5. The molecule has 1 aliphatic heterocycles. The molecule has 24 heavy (non-hydrogen) atoms. The van der Waals surface area contributed by atoms with E-state index >= 15 is 0 Å². The topological polar surface area (TPSA) is 82.9 Å². The normalized spacial score (nSPS) is 17.7. The SMILES string of the molecule is CN1C(=O)/C(=C/c2ccccn2)SC1=Nc1ccccc1C(=O)O. The van der Waals surface area contributed by atoms with Gasteiger partial charge in [0, 0.05) is 13.2 Å². The van der Waals surface area contributed by atoms with E-state index in [1.54, 1.807) is 49.7 Å². The lowest BCUT2D eigenvalue weighted by Crippen LogP contribution is -2.23. The van der Waals surface area contributed by atoms with E-state index in [2.05, 4.69) is 9.98 Å². The number of aromatic carboxylic acids is 1. The highest BCUT2D eigenvalue weighted by molar-refractivity contribution is 8.18. The third-order valence-corrected chi connectivity index (χ3v) is 4.38. The predicted molar refractivity (Wildman–Crippen MR) is 93.1 cm³/mol. The predicted octanol–water partition coefficient (Wildman–Crippen LogP) is 3.01. The number of carbonyl (C=O) groups excluding carboxylic acids is 1. The summed E-state index contributed by atoms with van der Waals surface area (Å²) in [6.07, 6.45) is 3.34. The maximum atomic E-state index is 12.3. The highest BCUT2D eigenvalue weighted by atomic mass is 32.2. The second-order valence-electron chi connectivity index (χ2n) is 4.95. The van der Waals surface area contributed by atoms with Gasteiger partial charge < -0.3 is 5.11 Å². The number of nitrogens with zero attached hydrogens (tertiary/aromatic N) is 3. The highest BCUT2D eigenvalue weighted by Crippen LogP contribution is 2.33. The van der Waals surface area contributed by atoms with E-state index in [1.807, 2.05) is 6.07 Å². The summed E-state index contributed by atoms with van der Waals surface area (Å²) < 4.78 is 0. The molecule has 1 aliphatic rings. The molecule has 1 saturated heterocycles. The Morgan fingerprint density at radius 2 is 2.00 bits per heavy atom. The molecule has 0 saturated carbocycles. The molecular weight excluding hydrogens is 326 g/mol. The van der Waals surface area contributed by atoms with Crippen molar-refractivity contribution in [2.75, 3.05) is 7.05 Å². The summed E-state index contributed by atoms with van der Waals surface area (Å²) in [5, 5.41) is 9.65. The smallest absolute Gasteiger partial charge is 0.337 e. The Labute approximate surface area is 142 Å². The molecule has 2 aromatic rings. The molecule has 1 fully saturated rings. The standard InChI is InChI=1S/C17H13N3O3S/c1-20-15(21)14(10-11-6-4-5-9-18-11)24-17(20)19-13-8-3-2-7-12(13)16(22)23/h2-10H,1H3,(H,22,23)/b14-10-,19-17?. The number of hydrogen-bond donors (Lipinski definition) is 1. The van der Waals surface area contributed by atoms with Crippen LogP contribution in [0.3, 0.4) is 0 Å². The van der Waals surface area contributed by atoms with Crippen molar-refractivity contribution >= 4 is 40.6 Å². The molecule has 0 aliphatic carbocycles. The van der Waals surface area contributed by atoms with Crippen LogP contribution in [0.4, 0.5) is 5.69 Å². The molecule has 0 atom stereocenters. The molecule has 120 valence electrons. The van der Waals surface area contributed by atoms with Crippen molar-refractivity contribution in [3.63, 3.8) is 0 Å². The van der Waals surface area contributed by atoms with Crippen LogP contribution in [-0.2, 0) is 4.79 Å². The Morgan fingerprint density at radius 1 is 1.25 bits per heavy atom. The maximum absolute atomic E-state index is 12.3. The zero-order chi connectivity index (χ0) is 17.1. The first-order chi connectivity index (χ1) is 11.6. The second-order valence-corrected chi connectivity index (χ2v) is 5.96. The Morgan fingerprint density at radius 3 is 2.71 bits per heavy atom. The van der Waals surface area contributed by atoms with E-state index < -0.39 is 5.97 Å². The third-order valence-electron chi connectivity index (χ3n) is 3.32. The fourth-order valence-electron chi connectivity index (χ4n) is 2.10.